The van der Waals surface area contributed by atoms with E-state index in [1.807, 2.05) is 6.08 Å². The average molecular weight is 586 g/mol. The van der Waals surface area contributed by atoms with E-state index in [1.165, 1.54) is 0 Å². The van der Waals surface area contributed by atoms with Crippen LogP contribution in [0.25, 0.3) is 0 Å². The fourth-order valence-corrected chi connectivity index (χ4v) is 6.45. The van der Waals surface area contributed by atoms with E-state index in [2.05, 4.69) is 5.32 Å². The average Bonchev–Trinajstić information content (AvgIpc) is 3.33. The number of aliphatic hydroxyl groups is 1. The second-order valence-electron chi connectivity index (χ2n) is 11.0. The van der Waals surface area contributed by atoms with Crippen LogP contribution in [0, 0.1) is 11.8 Å². The van der Waals surface area contributed by atoms with Crippen molar-refractivity contribution in [2.45, 2.75) is 62.9 Å². The quantitative estimate of drug-likeness (QED) is 0.298. The van der Waals surface area contributed by atoms with Gasteiger partial charge in [0.15, 0.2) is 0 Å². The van der Waals surface area contributed by atoms with Crippen LogP contribution >= 0.6 is 11.6 Å². The first-order valence-electron chi connectivity index (χ1n) is 14.2. The predicted octanol–water partition coefficient (Wildman–Crippen LogP) is 2.38. The van der Waals surface area contributed by atoms with Crippen molar-refractivity contribution in [1.82, 2.24) is 10.2 Å². The lowest BCUT2D eigenvalue weighted by atomic mass is 9.78. The summed E-state index contributed by atoms with van der Waals surface area (Å²) in [5, 5.41) is 12.6. The third-order valence-corrected chi connectivity index (χ3v) is 8.48. The number of ether oxygens (including phenoxy) is 2. The summed E-state index contributed by atoms with van der Waals surface area (Å²) in [5.74, 6) is -3.33. The Balaban J connectivity index is 1.55. The van der Waals surface area contributed by atoms with E-state index in [4.69, 9.17) is 21.1 Å². The zero-order chi connectivity index (χ0) is 29.1. The summed E-state index contributed by atoms with van der Waals surface area (Å²) in [6.07, 6.45) is 8.21. The molecular weight excluding hydrogens is 550 g/mol. The zero-order valence-corrected chi connectivity index (χ0v) is 23.8. The summed E-state index contributed by atoms with van der Waals surface area (Å²) >= 11 is 6.10. The number of nitrogens with one attached hydrogen (secondary N) is 1. The van der Waals surface area contributed by atoms with Crippen molar-refractivity contribution < 1.29 is 33.8 Å². The highest BCUT2D eigenvalue weighted by molar-refractivity contribution is 6.30. The van der Waals surface area contributed by atoms with Crippen molar-refractivity contribution >= 4 is 41.0 Å². The number of rotatable bonds is 6. The van der Waals surface area contributed by atoms with Gasteiger partial charge in [-0.1, -0.05) is 35.9 Å². The van der Waals surface area contributed by atoms with Crippen molar-refractivity contribution in [3.63, 3.8) is 0 Å². The summed E-state index contributed by atoms with van der Waals surface area (Å²) < 4.78 is 12.4. The highest BCUT2D eigenvalue weighted by Crippen LogP contribution is 2.53. The van der Waals surface area contributed by atoms with Crippen molar-refractivity contribution in [2.75, 3.05) is 31.1 Å². The molecule has 220 valence electrons. The van der Waals surface area contributed by atoms with Gasteiger partial charge in [-0.15, -0.1) is 0 Å². The third kappa shape index (κ3) is 5.65. The number of fused-ring (bicyclic) bond motifs is 2. The smallest absolute Gasteiger partial charge is 0.313 e. The first-order valence-corrected chi connectivity index (χ1v) is 14.6. The number of aliphatic hydroxyl groups excluding tert-OH is 1. The highest BCUT2D eigenvalue weighted by atomic mass is 35.5. The molecule has 10 nitrogen and oxygen atoms in total. The molecule has 0 aromatic heterocycles. The van der Waals surface area contributed by atoms with Crippen LogP contribution in [0.4, 0.5) is 5.69 Å². The molecule has 0 unspecified atom stereocenters. The molecule has 5 rings (SSSR count). The Morgan fingerprint density at radius 2 is 1.85 bits per heavy atom. The Morgan fingerprint density at radius 1 is 1.07 bits per heavy atom. The van der Waals surface area contributed by atoms with Crippen molar-refractivity contribution in [2.24, 2.45) is 11.8 Å². The molecule has 2 saturated heterocycles. The molecule has 0 bridgehead atoms. The lowest BCUT2D eigenvalue weighted by Gasteiger charge is -2.35. The van der Waals surface area contributed by atoms with Crippen LogP contribution in [0.2, 0.25) is 5.02 Å². The number of hydrogen-bond donors (Lipinski definition) is 2. The van der Waals surface area contributed by atoms with Crippen LogP contribution in [-0.2, 0) is 28.7 Å². The Kier molecular flexibility index (Phi) is 8.82. The number of unbranched alkanes of at least 4 members (excludes halogenated alkanes) is 2. The van der Waals surface area contributed by atoms with Crippen molar-refractivity contribution in [3.05, 3.63) is 53.6 Å². The molecule has 1 spiro atoms. The number of halogens is 1. The van der Waals surface area contributed by atoms with E-state index < -0.39 is 41.7 Å². The van der Waals surface area contributed by atoms with Gasteiger partial charge in [0.05, 0.1) is 18.6 Å². The molecule has 2 N–H and O–H groups in total. The highest BCUT2D eigenvalue weighted by Gasteiger charge is 2.71. The molecule has 4 aliphatic rings. The van der Waals surface area contributed by atoms with Gasteiger partial charge >= 0.3 is 5.97 Å². The molecule has 1 aromatic carbocycles. The van der Waals surface area contributed by atoms with Gasteiger partial charge in [-0.2, -0.15) is 0 Å². The van der Waals surface area contributed by atoms with Crippen LogP contribution in [0.15, 0.2) is 48.6 Å². The molecule has 1 aromatic rings. The summed E-state index contributed by atoms with van der Waals surface area (Å²) in [7, 11) is 0. The Labute approximate surface area is 244 Å². The van der Waals surface area contributed by atoms with E-state index in [-0.39, 0.29) is 50.4 Å². The first-order chi connectivity index (χ1) is 19.8. The van der Waals surface area contributed by atoms with Crippen LogP contribution in [-0.4, -0.2) is 83.8 Å². The summed E-state index contributed by atoms with van der Waals surface area (Å²) in [4.78, 5) is 57.5. The van der Waals surface area contributed by atoms with Gasteiger partial charge in [0.25, 0.3) is 5.91 Å². The Morgan fingerprint density at radius 3 is 2.61 bits per heavy atom. The fourth-order valence-electron chi connectivity index (χ4n) is 6.33. The molecule has 0 radical (unpaired) electrons. The monoisotopic (exact) mass is 585 g/mol. The van der Waals surface area contributed by atoms with Gasteiger partial charge in [0, 0.05) is 36.8 Å². The summed E-state index contributed by atoms with van der Waals surface area (Å²) in [5.41, 5.74) is -0.755. The molecule has 2 fully saturated rings. The van der Waals surface area contributed by atoms with E-state index in [1.54, 1.807) is 59.2 Å². The van der Waals surface area contributed by atoms with Crippen LogP contribution in [0.1, 0.15) is 39.0 Å². The second kappa shape index (κ2) is 12.3. The van der Waals surface area contributed by atoms with E-state index in [0.717, 1.165) is 0 Å². The minimum Gasteiger partial charge on any atom is -0.460 e. The number of carbonyl (C=O) groups excluding carboxylic acids is 4. The number of cyclic esters (lactones) is 1. The largest absolute Gasteiger partial charge is 0.460 e. The maximum Gasteiger partial charge on any atom is 0.313 e. The number of allylic oxidation sites excluding steroid dienone is 1. The van der Waals surface area contributed by atoms with Crippen LogP contribution in [0.3, 0.4) is 0 Å². The van der Waals surface area contributed by atoms with Gasteiger partial charge < -0.3 is 29.7 Å². The van der Waals surface area contributed by atoms with Crippen LogP contribution < -0.4 is 10.2 Å². The fraction of sp³-hybridized carbons (Fsp3) is 0.533. The van der Waals surface area contributed by atoms with Gasteiger partial charge in [0.1, 0.15) is 23.7 Å². The minimum atomic E-state index is -1.39. The zero-order valence-electron chi connectivity index (χ0n) is 23.0. The molecular formula is C30H36ClN3O7. The summed E-state index contributed by atoms with van der Waals surface area (Å²) in [6.45, 7) is 2.42. The molecule has 3 amide bonds. The molecule has 11 heteroatoms. The number of esters is 1. The topological polar surface area (TPSA) is 125 Å². The Hall–Kier alpha value is -3.21. The number of hydrogen-bond acceptors (Lipinski definition) is 7. The van der Waals surface area contributed by atoms with Crippen LogP contribution in [0.5, 0.6) is 0 Å². The number of anilines is 1. The maximum atomic E-state index is 14.4. The first kappa shape index (κ1) is 29.3. The summed E-state index contributed by atoms with van der Waals surface area (Å²) in [6, 6.07) is 5.91. The van der Waals surface area contributed by atoms with E-state index >= 15 is 0 Å². The van der Waals surface area contributed by atoms with E-state index in [0.29, 0.717) is 36.4 Å². The van der Waals surface area contributed by atoms with Crippen molar-refractivity contribution in [3.8, 4) is 0 Å². The minimum absolute atomic E-state index is 0.0413. The number of likely N-dealkylation sites (tertiary alicyclic amines) is 1. The van der Waals surface area contributed by atoms with Crippen molar-refractivity contribution in [1.29, 1.82) is 0 Å². The number of benzene rings is 1. The lowest BCUT2D eigenvalue weighted by Crippen LogP contribution is -2.55. The second-order valence-corrected chi connectivity index (χ2v) is 11.4. The molecule has 4 heterocycles. The standard InChI is InChI=1S/C30H36ClN3O7/c1-19-18-32-23(36)9-4-3-8-22-24(29(39)40-19)25-27(37)34(15-5-2-6-17-35)26-28(38)33(16-7-14-30(25,26)41-22)21-12-10-20(31)11-13-21/h3,7-8,10-14,19,22,24-26,35H,2,4-6,9,15-18H2,1H3,(H,32,36)/b8-3-/t19-,22-,24+,25+,26-,30+/m0/s1. The SMILES string of the molecule is C[C@H]1CNC(=O)CC/C=C\[C@@H]2O[C@@]34C=CCN(c5ccc(Cl)cc5)C(=O)[C@@H]3N(CCCCCO)C(=O)[C@H]4[C@@H]2C(=O)O1. The van der Waals surface area contributed by atoms with E-state index in [9.17, 15) is 24.3 Å². The Bertz CT molecular complexity index is 1230. The molecule has 41 heavy (non-hydrogen) atoms. The molecule has 4 aliphatic heterocycles. The lowest BCUT2D eigenvalue weighted by molar-refractivity contribution is -0.158. The number of amides is 3. The number of nitrogens with zero attached hydrogens (tertiary/aromatic N) is 2. The maximum absolute atomic E-state index is 14.4. The molecule has 6 atom stereocenters. The van der Waals surface area contributed by atoms with Gasteiger partial charge in [-0.25, -0.2) is 0 Å². The molecule has 0 aliphatic carbocycles. The number of carbonyl (C=O) groups is 4. The molecule has 0 saturated carbocycles. The normalized spacial score (nSPS) is 32.7. The van der Waals surface area contributed by atoms with Gasteiger partial charge in [0.2, 0.25) is 11.8 Å². The third-order valence-electron chi connectivity index (χ3n) is 8.23. The predicted molar refractivity (Wildman–Crippen MR) is 151 cm³/mol. The van der Waals surface area contributed by atoms with Gasteiger partial charge in [-0.3, -0.25) is 19.2 Å². The van der Waals surface area contributed by atoms with Gasteiger partial charge in [-0.05, 0) is 56.9 Å².